The van der Waals surface area contributed by atoms with Gasteiger partial charge in [-0.2, -0.15) is 0 Å². The topological polar surface area (TPSA) is 0 Å². The highest BCUT2D eigenvalue weighted by Crippen LogP contribution is 2.51. The van der Waals surface area contributed by atoms with E-state index >= 15 is 0 Å². The molecule has 5 rings (SSSR count). The molecule has 3 aliphatic carbocycles. The first-order chi connectivity index (χ1) is 12.2. The number of aryl methyl sites for hydroxylation is 1. The molecule has 0 N–H and O–H groups in total. The lowest BCUT2D eigenvalue weighted by Crippen LogP contribution is -2.11. The van der Waals surface area contributed by atoms with Crippen LogP contribution in [0.5, 0.6) is 0 Å². The van der Waals surface area contributed by atoms with Crippen molar-refractivity contribution in [2.75, 3.05) is 0 Å². The van der Waals surface area contributed by atoms with Crippen LogP contribution in [0, 0.1) is 12.8 Å². The predicted octanol–water partition coefficient (Wildman–Crippen LogP) is 7.30. The smallest absolute Gasteiger partial charge is 0.0235 e. The van der Waals surface area contributed by atoms with Gasteiger partial charge >= 0.3 is 0 Å². The van der Waals surface area contributed by atoms with Gasteiger partial charge in [0, 0.05) is 5.75 Å². The molecule has 1 aliphatic heterocycles. The van der Waals surface area contributed by atoms with Crippen LogP contribution in [0.3, 0.4) is 0 Å². The van der Waals surface area contributed by atoms with E-state index in [9.17, 15) is 0 Å². The highest BCUT2D eigenvalue weighted by Gasteiger charge is 2.34. The van der Waals surface area contributed by atoms with E-state index in [1.807, 2.05) is 11.1 Å². The standard InChI is InChI=1S/C24H28S/c1-15-11-23-18(14-25-24-10-6-5-9-20(23)24)13-21(15)22-12-17-7-3-4-8-19(17)16(22)2/h5,9,11,13,16,22H,3-4,6-8,10,12,14H2,1-2H3/t16-,22?/m0/s1. The van der Waals surface area contributed by atoms with Crippen LogP contribution in [0.1, 0.15) is 80.0 Å². The summed E-state index contributed by atoms with van der Waals surface area (Å²) in [5.41, 5.74) is 11.4. The molecule has 0 radical (unpaired) electrons. The third-order valence-electron chi connectivity index (χ3n) is 6.95. The highest BCUT2D eigenvalue weighted by molar-refractivity contribution is 8.02. The molecule has 0 saturated heterocycles. The lowest BCUT2D eigenvalue weighted by molar-refractivity contribution is 0.546. The van der Waals surface area contributed by atoms with E-state index in [0.29, 0.717) is 0 Å². The van der Waals surface area contributed by atoms with Gasteiger partial charge < -0.3 is 0 Å². The largest absolute Gasteiger partial charge is 0.125 e. The van der Waals surface area contributed by atoms with Crippen LogP contribution in [0.25, 0.3) is 5.57 Å². The molecule has 130 valence electrons. The van der Waals surface area contributed by atoms with Gasteiger partial charge in [-0.3, -0.25) is 0 Å². The first kappa shape index (κ1) is 16.0. The van der Waals surface area contributed by atoms with Crippen molar-refractivity contribution in [3.8, 4) is 0 Å². The fourth-order valence-corrected chi connectivity index (χ4v) is 6.74. The van der Waals surface area contributed by atoms with E-state index < -0.39 is 0 Å². The van der Waals surface area contributed by atoms with Gasteiger partial charge in [-0.05, 0) is 96.4 Å². The summed E-state index contributed by atoms with van der Waals surface area (Å²) in [6.07, 6.45) is 14.1. The second-order valence-electron chi connectivity index (χ2n) is 8.37. The van der Waals surface area contributed by atoms with Crippen LogP contribution in [0.15, 0.2) is 40.3 Å². The Labute approximate surface area is 156 Å². The van der Waals surface area contributed by atoms with Crippen LogP contribution in [0.2, 0.25) is 0 Å². The Balaban J connectivity index is 1.53. The minimum Gasteiger partial charge on any atom is -0.125 e. The second-order valence-corrected chi connectivity index (χ2v) is 9.44. The maximum absolute atomic E-state index is 2.59. The average Bonchev–Trinajstić information content (AvgIpc) is 2.98. The Morgan fingerprint density at radius 3 is 2.84 bits per heavy atom. The molecule has 4 aliphatic rings. The van der Waals surface area contributed by atoms with Crippen LogP contribution in [0.4, 0.5) is 0 Å². The number of rotatable bonds is 1. The number of thioether (sulfide) groups is 1. The number of allylic oxidation sites excluding steroid dienone is 6. The van der Waals surface area contributed by atoms with Crippen LogP contribution >= 0.6 is 11.8 Å². The summed E-state index contributed by atoms with van der Waals surface area (Å²) >= 11 is 2.09. The molecule has 25 heavy (non-hydrogen) atoms. The van der Waals surface area contributed by atoms with E-state index in [1.165, 1.54) is 67.4 Å². The number of benzene rings is 1. The monoisotopic (exact) mass is 348 g/mol. The summed E-state index contributed by atoms with van der Waals surface area (Å²) in [4.78, 5) is 1.62. The van der Waals surface area contributed by atoms with Crippen LogP contribution < -0.4 is 0 Å². The summed E-state index contributed by atoms with van der Waals surface area (Å²) in [5.74, 6) is 2.66. The minimum absolute atomic E-state index is 0.732. The first-order valence-corrected chi connectivity index (χ1v) is 11.1. The molecule has 0 spiro atoms. The first-order valence-electron chi connectivity index (χ1n) is 10.1. The Hall–Kier alpha value is -1.21. The zero-order chi connectivity index (χ0) is 17.0. The van der Waals surface area contributed by atoms with Crippen molar-refractivity contribution in [2.45, 2.75) is 70.5 Å². The Morgan fingerprint density at radius 1 is 1.08 bits per heavy atom. The van der Waals surface area contributed by atoms with Crippen molar-refractivity contribution < 1.29 is 0 Å². The zero-order valence-corrected chi connectivity index (χ0v) is 16.3. The summed E-state index contributed by atoms with van der Waals surface area (Å²) in [7, 11) is 0. The lowest BCUT2D eigenvalue weighted by Gasteiger charge is -2.27. The van der Waals surface area contributed by atoms with Crippen molar-refractivity contribution in [2.24, 2.45) is 5.92 Å². The molecule has 1 aromatic rings. The fourth-order valence-electron chi connectivity index (χ4n) is 5.58. The average molecular weight is 349 g/mol. The van der Waals surface area contributed by atoms with Crippen molar-refractivity contribution in [1.82, 2.24) is 0 Å². The molecule has 1 unspecified atom stereocenters. The molecule has 0 aromatic heterocycles. The van der Waals surface area contributed by atoms with Gasteiger partial charge in [0.2, 0.25) is 0 Å². The van der Waals surface area contributed by atoms with Gasteiger partial charge in [-0.15, -0.1) is 11.8 Å². The summed E-state index contributed by atoms with van der Waals surface area (Å²) < 4.78 is 0. The Morgan fingerprint density at radius 2 is 1.96 bits per heavy atom. The molecule has 0 fully saturated rings. The van der Waals surface area contributed by atoms with E-state index in [2.05, 4.69) is 49.9 Å². The van der Waals surface area contributed by atoms with Gasteiger partial charge in [0.25, 0.3) is 0 Å². The number of hydrogen-bond donors (Lipinski definition) is 0. The number of fused-ring (bicyclic) bond motifs is 2. The summed E-state index contributed by atoms with van der Waals surface area (Å²) in [6, 6.07) is 5.10. The molecule has 1 heterocycles. The van der Waals surface area contributed by atoms with Gasteiger partial charge in [-0.25, -0.2) is 0 Å². The normalized spacial score (nSPS) is 28.1. The maximum atomic E-state index is 2.59. The van der Waals surface area contributed by atoms with Crippen molar-refractivity contribution in [3.05, 3.63) is 62.6 Å². The quantitative estimate of drug-likeness (QED) is 0.480. The van der Waals surface area contributed by atoms with E-state index in [-0.39, 0.29) is 0 Å². The Bertz CT molecular complexity index is 821. The van der Waals surface area contributed by atoms with Crippen LogP contribution in [-0.2, 0) is 5.75 Å². The minimum atomic E-state index is 0.732. The van der Waals surface area contributed by atoms with Crippen molar-refractivity contribution in [3.63, 3.8) is 0 Å². The molecular formula is C24H28S. The van der Waals surface area contributed by atoms with E-state index in [1.54, 1.807) is 16.0 Å². The van der Waals surface area contributed by atoms with Gasteiger partial charge in [-0.1, -0.05) is 42.4 Å². The molecular weight excluding hydrogens is 320 g/mol. The van der Waals surface area contributed by atoms with E-state index in [4.69, 9.17) is 0 Å². The number of hydrogen-bond acceptors (Lipinski definition) is 1. The van der Waals surface area contributed by atoms with Gasteiger partial charge in [0.1, 0.15) is 0 Å². The molecule has 0 amide bonds. The molecule has 1 aromatic carbocycles. The zero-order valence-electron chi connectivity index (χ0n) is 15.5. The third kappa shape index (κ3) is 2.58. The SMILES string of the molecule is Cc1cc2c(cc1C1CC3=C(CCCC3)[C@@H]1C)CSC1=C2C=CCC1. The maximum Gasteiger partial charge on any atom is 0.0235 e. The van der Waals surface area contributed by atoms with Crippen LogP contribution in [-0.4, -0.2) is 0 Å². The molecule has 2 atom stereocenters. The highest BCUT2D eigenvalue weighted by atomic mass is 32.2. The van der Waals surface area contributed by atoms with Gasteiger partial charge in [0.05, 0.1) is 0 Å². The van der Waals surface area contributed by atoms with E-state index in [0.717, 1.165) is 11.8 Å². The Kier molecular flexibility index (Phi) is 3.97. The third-order valence-corrected chi connectivity index (χ3v) is 8.18. The van der Waals surface area contributed by atoms with Crippen molar-refractivity contribution in [1.29, 1.82) is 0 Å². The lowest BCUT2D eigenvalue weighted by atomic mass is 9.81. The molecule has 1 heteroatoms. The van der Waals surface area contributed by atoms with Gasteiger partial charge in [0.15, 0.2) is 0 Å². The predicted molar refractivity (Wildman–Crippen MR) is 110 cm³/mol. The second kappa shape index (κ2) is 6.20. The molecule has 0 saturated carbocycles. The molecule has 0 nitrogen and oxygen atoms in total. The van der Waals surface area contributed by atoms with Crippen molar-refractivity contribution >= 4 is 17.3 Å². The summed E-state index contributed by atoms with van der Waals surface area (Å²) in [6.45, 7) is 4.85. The summed E-state index contributed by atoms with van der Waals surface area (Å²) in [5, 5.41) is 0. The fraction of sp³-hybridized carbons (Fsp3) is 0.500. The molecule has 0 bridgehead atoms.